The van der Waals surface area contributed by atoms with E-state index in [1.54, 1.807) is 4.90 Å². The van der Waals surface area contributed by atoms with Gasteiger partial charge in [0.05, 0.1) is 12.9 Å². The van der Waals surface area contributed by atoms with Gasteiger partial charge in [-0.25, -0.2) is 4.79 Å². The molecule has 11 heteroatoms. The van der Waals surface area contributed by atoms with Crippen LogP contribution in [0.3, 0.4) is 0 Å². The molecular weight excluding hydrogens is 387 g/mol. The monoisotopic (exact) mass is 412 g/mol. The highest BCUT2D eigenvalue weighted by atomic mass is 32.2. The van der Waals surface area contributed by atoms with Crippen molar-refractivity contribution in [3.05, 3.63) is 23.3 Å². The van der Waals surface area contributed by atoms with Gasteiger partial charge in [0.2, 0.25) is 5.91 Å². The van der Waals surface area contributed by atoms with E-state index in [0.29, 0.717) is 13.1 Å². The molecule has 1 aromatic carbocycles. The molecule has 1 fully saturated rings. The molecule has 0 aromatic heterocycles. The average molecular weight is 412 g/mol. The number of hydrogen-bond donors (Lipinski definition) is 5. The van der Waals surface area contributed by atoms with Crippen LogP contribution in [0, 0.1) is 0 Å². The van der Waals surface area contributed by atoms with Crippen LogP contribution in [0.25, 0.3) is 0 Å². The third-order valence-corrected chi connectivity index (χ3v) is 5.98. The highest BCUT2D eigenvalue weighted by Crippen LogP contribution is 2.33. The molecule has 1 saturated heterocycles. The van der Waals surface area contributed by atoms with Gasteiger partial charge >= 0.3 is 13.1 Å². The number of likely N-dealkylation sites (tertiary alicyclic amines) is 1. The number of hydrogen-bond acceptors (Lipinski definition) is 8. The predicted molar refractivity (Wildman–Crippen MR) is 106 cm³/mol. The normalized spacial score (nSPS) is 15.9. The standard InChI is InChI=1S/C17H25BN2O7S/c1-27-12-3-2-10(16(22)15(12)17(23)24)8-13(18(25)26)28-9-14(21)20-6-4-11(19)5-7-20/h2-3,11,13,22,25-26H,4-9,19H2,1H3,(H,23,24)/t13-/m0/s1. The molecule has 1 amide bonds. The summed E-state index contributed by atoms with van der Waals surface area (Å²) < 4.78 is 4.94. The van der Waals surface area contributed by atoms with Gasteiger partial charge in [-0.15, -0.1) is 0 Å². The largest absolute Gasteiger partial charge is 0.507 e. The van der Waals surface area contributed by atoms with E-state index >= 15 is 0 Å². The maximum atomic E-state index is 12.3. The van der Waals surface area contributed by atoms with E-state index in [1.807, 2.05) is 0 Å². The van der Waals surface area contributed by atoms with E-state index in [1.165, 1.54) is 19.2 Å². The van der Waals surface area contributed by atoms with E-state index in [2.05, 4.69) is 0 Å². The van der Waals surface area contributed by atoms with Gasteiger partial charge < -0.3 is 35.6 Å². The lowest BCUT2D eigenvalue weighted by Crippen LogP contribution is -2.44. The third kappa shape index (κ3) is 5.54. The average Bonchev–Trinajstić information content (AvgIpc) is 2.65. The van der Waals surface area contributed by atoms with Crippen molar-refractivity contribution in [3.8, 4) is 11.5 Å². The molecular formula is C17H25BN2O7S. The number of ether oxygens (including phenoxy) is 1. The number of carboxylic acid groups (broad SMARTS) is 1. The Balaban J connectivity index is 2.06. The zero-order valence-corrected chi connectivity index (χ0v) is 16.4. The molecule has 1 heterocycles. The van der Waals surface area contributed by atoms with Gasteiger partial charge in [0, 0.05) is 24.3 Å². The Hall–Kier alpha value is -1.95. The Bertz CT molecular complexity index is 711. The van der Waals surface area contributed by atoms with Crippen LogP contribution in [0.2, 0.25) is 0 Å². The van der Waals surface area contributed by atoms with Crippen molar-refractivity contribution in [3.63, 3.8) is 0 Å². The van der Waals surface area contributed by atoms with Gasteiger partial charge in [-0.1, -0.05) is 6.07 Å². The van der Waals surface area contributed by atoms with Gasteiger partial charge in [-0.05, 0) is 30.9 Å². The molecule has 28 heavy (non-hydrogen) atoms. The number of nitrogens with zero attached hydrogens (tertiary/aromatic N) is 1. The molecule has 0 aliphatic carbocycles. The molecule has 0 bridgehead atoms. The van der Waals surface area contributed by atoms with Gasteiger partial charge in [0.15, 0.2) is 0 Å². The number of piperidine rings is 1. The van der Waals surface area contributed by atoms with Gasteiger partial charge in [-0.2, -0.15) is 11.8 Å². The number of amides is 1. The van der Waals surface area contributed by atoms with Crippen molar-refractivity contribution in [2.75, 3.05) is 26.0 Å². The summed E-state index contributed by atoms with van der Waals surface area (Å²) in [5, 5.41) is 38.1. The van der Waals surface area contributed by atoms with Crippen molar-refractivity contribution >= 4 is 30.8 Å². The molecule has 1 aromatic rings. The van der Waals surface area contributed by atoms with E-state index in [-0.39, 0.29) is 35.4 Å². The van der Waals surface area contributed by atoms with Crippen LogP contribution in [0.1, 0.15) is 28.8 Å². The Kier molecular flexibility index (Phi) is 7.99. The number of aromatic carboxylic acids is 1. The first-order valence-electron chi connectivity index (χ1n) is 8.87. The predicted octanol–water partition coefficient (Wildman–Crippen LogP) is -0.295. The van der Waals surface area contributed by atoms with Crippen molar-refractivity contribution in [2.45, 2.75) is 30.5 Å². The Morgan fingerprint density at radius 3 is 2.54 bits per heavy atom. The molecule has 2 rings (SSSR count). The van der Waals surface area contributed by atoms with E-state index in [0.717, 1.165) is 24.6 Å². The van der Waals surface area contributed by atoms with Crippen LogP contribution in [0.4, 0.5) is 0 Å². The zero-order valence-electron chi connectivity index (χ0n) is 15.6. The number of benzene rings is 1. The van der Waals surface area contributed by atoms with Crippen LogP contribution in [0.5, 0.6) is 11.5 Å². The Morgan fingerprint density at radius 2 is 2.00 bits per heavy atom. The molecule has 1 atom stereocenters. The summed E-state index contributed by atoms with van der Waals surface area (Å²) >= 11 is 1.05. The fourth-order valence-corrected chi connectivity index (χ4v) is 4.05. The summed E-state index contributed by atoms with van der Waals surface area (Å²) in [6, 6.07) is 2.96. The number of carboxylic acids is 1. The topological polar surface area (TPSA) is 154 Å². The van der Waals surface area contributed by atoms with Crippen molar-refractivity contribution < 1.29 is 34.6 Å². The lowest BCUT2D eigenvalue weighted by molar-refractivity contribution is -0.129. The first kappa shape index (κ1) is 22.3. The fourth-order valence-electron chi connectivity index (χ4n) is 3.04. The lowest BCUT2D eigenvalue weighted by Gasteiger charge is -2.30. The molecule has 9 nitrogen and oxygen atoms in total. The second-order valence-electron chi connectivity index (χ2n) is 6.64. The molecule has 0 saturated carbocycles. The minimum Gasteiger partial charge on any atom is -0.507 e. The second-order valence-corrected chi connectivity index (χ2v) is 7.87. The number of rotatable bonds is 8. The van der Waals surface area contributed by atoms with Crippen molar-refractivity contribution in [1.82, 2.24) is 4.90 Å². The molecule has 6 N–H and O–H groups in total. The van der Waals surface area contributed by atoms with E-state index in [9.17, 15) is 29.9 Å². The van der Waals surface area contributed by atoms with Crippen LogP contribution >= 0.6 is 11.8 Å². The highest BCUT2D eigenvalue weighted by Gasteiger charge is 2.29. The van der Waals surface area contributed by atoms with Gasteiger partial charge in [0.1, 0.15) is 17.1 Å². The number of phenols is 1. The van der Waals surface area contributed by atoms with Gasteiger partial charge in [-0.3, -0.25) is 4.79 Å². The minimum atomic E-state index is -1.75. The molecule has 1 aliphatic heterocycles. The van der Waals surface area contributed by atoms with Crippen LogP contribution in [-0.2, 0) is 11.2 Å². The summed E-state index contributed by atoms with van der Waals surface area (Å²) in [6.45, 7) is 1.16. The molecule has 0 unspecified atom stereocenters. The number of methoxy groups -OCH3 is 1. The third-order valence-electron chi connectivity index (χ3n) is 4.72. The Morgan fingerprint density at radius 1 is 1.36 bits per heavy atom. The van der Waals surface area contributed by atoms with Crippen molar-refractivity contribution in [1.29, 1.82) is 0 Å². The zero-order chi connectivity index (χ0) is 20.8. The number of carbonyl (C=O) groups is 2. The van der Waals surface area contributed by atoms with Gasteiger partial charge in [0.25, 0.3) is 0 Å². The summed E-state index contributed by atoms with van der Waals surface area (Å²) in [5.74, 6) is -1.92. The smallest absolute Gasteiger partial charge is 0.465 e. The number of thioether (sulfide) groups is 1. The lowest BCUT2D eigenvalue weighted by atomic mass is 9.81. The minimum absolute atomic E-state index is 0.000911. The summed E-state index contributed by atoms with van der Waals surface area (Å²) in [5.41, 5.74) is 5.66. The second kappa shape index (κ2) is 10.0. The maximum Gasteiger partial charge on any atom is 0.465 e. The highest BCUT2D eigenvalue weighted by molar-refractivity contribution is 8.01. The number of nitrogens with two attached hydrogens (primary N) is 1. The maximum absolute atomic E-state index is 12.3. The van der Waals surface area contributed by atoms with Crippen LogP contribution in [-0.4, -0.2) is 81.3 Å². The quantitative estimate of drug-likeness (QED) is 0.362. The molecule has 1 aliphatic rings. The SMILES string of the molecule is COc1ccc(C[C@H](SCC(=O)N2CCC(N)CC2)B(O)O)c(O)c1C(=O)O. The summed E-state index contributed by atoms with van der Waals surface area (Å²) in [4.78, 5) is 25.4. The molecule has 0 radical (unpaired) electrons. The van der Waals surface area contributed by atoms with Crippen molar-refractivity contribution in [2.24, 2.45) is 5.73 Å². The van der Waals surface area contributed by atoms with E-state index in [4.69, 9.17) is 10.5 Å². The first-order valence-corrected chi connectivity index (χ1v) is 9.92. The first-order chi connectivity index (χ1) is 13.2. The number of carbonyl (C=O) groups excluding carboxylic acids is 1. The summed E-state index contributed by atoms with van der Waals surface area (Å²) in [7, 11) is -0.460. The molecule has 0 spiro atoms. The summed E-state index contributed by atoms with van der Waals surface area (Å²) in [6.07, 6.45) is 1.44. The van der Waals surface area contributed by atoms with Crippen LogP contribution < -0.4 is 10.5 Å². The van der Waals surface area contributed by atoms with E-state index < -0.39 is 29.5 Å². The number of aromatic hydroxyl groups is 1. The Labute approximate surface area is 167 Å². The fraction of sp³-hybridized carbons (Fsp3) is 0.529. The molecule has 154 valence electrons. The van der Waals surface area contributed by atoms with Crippen LogP contribution in [0.15, 0.2) is 12.1 Å².